The summed E-state index contributed by atoms with van der Waals surface area (Å²) in [7, 11) is 0. The Labute approximate surface area is 163 Å². The molecule has 2 aliphatic heterocycles. The predicted octanol–water partition coefficient (Wildman–Crippen LogP) is 2.96. The van der Waals surface area contributed by atoms with Gasteiger partial charge in [-0.05, 0) is 42.7 Å². The van der Waals surface area contributed by atoms with Crippen molar-refractivity contribution in [1.29, 1.82) is 0 Å². The molecule has 0 bridgehead atoms. The summed E-state index contributed by atoms with van der Waals surface area (Å²) >= 11 is 0. The Morgan fingerprint density at radius 3 is 2.57 bits per heavy atom. The maximum Gasteiger partial charge on any atom is 0.291 e. The van der Waals surface area contributed by atoms with Gasteiger partial charge in [-0.15, -0.1) is 0 Å². The topological polar surface area (TPSA) is 77.0 Å². The minimum Gasteiger partial charge on any atom is -0.482 e. The Morgan fingerprint density at radius 2 is 1.86 bits per heavy atom. The monoisotopic (exact) mass is 378 g/mol. The van der Waals surface area contributed by atoms with Crippen molar-refractivity contribution in [3.05, 3.63) is 59.8 Å². The fraction of sp³-hybridized carbons (Fsp3) is 0.318. The van der Waals surface area contributed by atoms with E-state index < -0.39 is 18.1 Å². The maximum absolute atomic E-state index is 12.7. The van der Waals surface area contributed by atoms with Crippen molar-refractivity contribution < 1.29 is 19.1 Å². The van der Waals surface area contributed by atoms with Crippen LogP contribution in [0.15, 0.2) is 64.8 Å². The van der Waals surface area contributed by atoms with Crippen molar-refractivity contribution in [1.82, 2.24) is 5.32 Å². The molecule has 0 saturated heterocycles. The molecule has 144 valence electrons. The van der Waals surface area contributed by atoms with Gasteiger partial charge in [-0.2, -0.15) is 0 Å². The average Bonchev–Trinajstić information content (AvgIpc) is 2.66. The molecule has 1 N–H and O–H groups in total. The van der Waals surface area contributed by atoms with Crippen molar-refractivity contribution in [3.63, 3.8) is 0 Å². The summed E-state index contributed by atoms with van der Waals surface area (Å²) in [5.41, 5.74) is 2.27. The second kappa shape index (κ2) is 7.11. The van der Waals surface area contributed by atoms with E-state index in [1.54, 1.807) is 31.2 Å². The molecule has 6 nitrogen and oxygen atoms in total. The van der Waals surface area contributed by atoms with Crippen LogP contribution in [0.5, 0.6) is 11.5 Å². The lowest BCUT2D eigenvalue weighted by atomic mass is 9.82. The van der Waals surface area contributed by atoms with Crippen LogP contribution in [0.2, 0.25) is 0 Å². The molecular weight excluding hydrogens is 356 g/mol. The summed E-state index contributed by atoms with van der Waals surface area (Å²) < 4.78 is 11.6. The van der Waals surface area contributed by atoms with E-state index in [-0.39, 0.29) is 17.7 Å². The number of amides is 2. The molecule has 1 aromatic carbocycles. The summed E-state index contributed by atoms with van der Waals surface area (Å²) in [6.45, 7) is 5.90. The molecule has 2 amide bonds. The highest BCUT2D eigenvalue weighted by Gasteiger charge is 2.34. The Balaban J connectivity index is 1.56. The van der Waals surface area contributed by atoms with E-state index >= 15 is 0 Å². The van der Waals surface area contributed by atoms with Gasteiger partial charge in [0, 0.05) is 17.7 Å². The number of benzene rings is 1. The number of nitrogens with one attached hydrogen (secondary N) is 1. The molecule has 1 aromatic rings. The number of nitrogens with zero attached hydrogens (tertiary/aromatic N) is 1. The number of carbonyl (C=O) groups is 2. The molecule has 2 heterocycles. The maximum atomic E-state index is 12.7. The number of hydrogen-bond donors (Lipinski definition) is 1. The molecule has 0 radical (unpaired) electrons. The second-order valence-corrected chi connectivity index (χ2v) is 7.41. The van der Waals surface area contributed by atoms with Crippen molar-refractivity contribution >= 4 is 17.5 Å². The minimum absolute atomic E-state index is 0.00631. The number of rotatable bonds is 2. The summed E-state index contributed by atoms with van der Waals surface area (Å²) in [6.07, 6.45) is 5.89. The molecule has 3 aliphatic rings. The zero-order chi connectivity index (χ0) is 19.8. The van der Waals surface area contributed by atoms with Crippen LogP contribution in [0.1, 0.15) is 20.8 Å². The van der Waals surface area contributed by atoms with Crippen LogP contribution in [0.3, 0.4) is 0 Å². The van der Waals surface area contributed by atoms with Gasteiger partial charge >= 0.3 is 0 Å². The smallest absolute Gasteiger partial charge is 0.291 e. The SMILES string of the molecule is CC(C)C1=CC(=O)NC2=CC(=NC(=O)C3Oc4ccccc4OC3C)C=CC21. The fourth-order valence-electron chi connectivity index (χ4n) is 3.60. The average molecular weight is 378 g/mol. The quantitative estimate of drug-likeness (QED) is 0.858. The largest absolute Gasteiger partial charge is 0.482 e. The van der Waals surface area contributed by atoms with E-state index in [1.807, 2.05) is 24.3 Å². The summed E-state index contributed by atoms with van der Waals surface area (Å²) in [5.74, 6) is 0.833. The third-order valence-corrected chi connectivity index (χ3v) is 5.01. The van der Waals surface area contributed by atoms with Gasteiger partial charge in [-0.1, -0.05) is 32.1 Å². The van der Waals surface area contributed by atoms with Crippen LogP contribution in [-0.2, 0) is 9.59 Å². The summed E-state index contributed by atoms with van der Waals surface area (Å²) in [5, 5.41) is 2.85. The van der Waals surface area contributed by atoms with Crippen LogP contribution >= 0.6 is 0 Å². The molecule has 1 aliphatic carbocycles. The molecule has 3 unspecified atom stereocenters. The molecule has 0 aromatic heterocycles. The van der Waals surface area contributed by atoms with Gasteiger partial charge in [0.05, 0.1) is 5.71 Å². The highest BCUT2D eigenvalue weighted by atomic mass is 16.6. The van der Waals surface area contributed by atoms with Gasteiger partial charge in [0.2, 0.25) is 12.0 Å². The van der Waals surface area contributed by atoms with E-state index in [4.69, 9.17) is 9.47 Å². The third-order valence-electron chi connectivity index (χ3n) is 5.01. The second-order valence-electron chi connectivity index (χ2n) is 7.41. The Hall–Kier alpha value is -3.15. The van der Waals surface area contributed by atoms with Crippen molar-refractivity contribution in [2.75, 3.05) is 0 Å². The van der Waals surface area contributed by atoms with Crippen molar-refractivity contribution in [3.8, 4) is 11.5 Å². The van der Waals surface area contributed by atoms with Crippen molar-refractivity contribution in [2.24, 2.45) is 16.8 Å². The standard InChI is InChI=1S/C22H22N2O4/c1-12(2)16-11-20(25)24-17-10-14(8-9-15(16)17)23-22(26)21-13(3)27-18-6-4-5-7-19(18)28-21/h4-13,15,21H,1-3H3,(H,24,25). The van der Waals surface area contributed by atoms with Crippen molar-refractivity contribution in [2.45, 2.75) is 33.0 Å². The molecule has 0 saturated carbocycles. The minimum atomic E-state index is -0.820. The van der Waals surface area contributed by atoms with E-state index in [0.29, 0.717) is 17.2 Å². The zero-order valence-corrected chi connectivity index (χ0v) is 16.0. The van der Waals surface area contributed by atoms with Crippen LogP contribution in [0.25, 0.3) is 0 Å². The molecular formula is C22H22N2O4. The molecule has 6 heteroatoms. The van der Waals surface area contributed by atoms with E-state index in [1.165, 1.54) is 0 Å². The lowest BCUT2D eigenvalue weighted by Crippen LogP contribution is -2.43. The first-order chi connectivity index (χ1) is 13.4. The molecule has 0 spiro atoms. The van der Waals surface area contributed by atoms with Crippen LogP contribution in [0, 0.1) is 11.8 Å². The molecule has 4 rings (SSSR count). The predicted molar refractivity (Wildman–Crippen MR) is 105 cm³/mol. The summed E-state index contributed by atoms with van der Waals surface area (Å²) in [6, 6.07) is 7.24. The first kappa shape index (κ1) is 18.2. The normalized spacial score (nSPS) is 27.1. The lowest BCUT2D eigenvalue weighted by Gasteiger charge is -2.30. The van der Waals surface area contributed by atoms with Gasteiger partial charge in [0.1, 0.15) is 6.10 Å². The number of carbonyl (C=O) groups excluding carboxylic acids is 2. The highest BCUT2D eigenvalue weighted by molar-refractivity contribution is 6.12. The van der Waals surface area contributed by atoms with Crippen LogP contribution in [0.4, 0.5) is 0 Å². The number of allylic oxidation sites excluding steroid dienone is 3. The van der Waals surface area contributed by atoms with Gasteiger partial charge in [0.15, 0.2) is 11.5 Å². The molecule has 0 fully saturated rings. The fourth-order valence-corrected chi connectivity index (χ4v) is 3.60. The Morgan fingerprint density at radius 1 is 1.14 bits per heavy atom. The number of aliphatic imine (C=N–C) groups is 1. The van der Waals surface area contributed by atoms with E-state index in [0.717, 1.165) is 11.3 Å². The first-order valence-corrected chi connectivity index (χ1v) is 9.39. The number of ether oxygens (including phenoxy) is 2. The lowest BCUT2D eigenvalue weighted by molar-refractivity contribution is -0.129. The number of hydrogen-bond acceptors (Lipinski definition) is 4. The molecule has 3 atom stereocenters. The van der Waals surface area contributed by atoms with Crippen LogP contribution < -0.4 is 14.8 Å². The van der Waals surface area contributed by atoms with E-state index in [2.05, 4.69) is 24.2 Å². The number of fused-ring (bicyclic) bond motifs is 2. The van der Waals surface area contributed by atoms with Gasteiger partial charge < -0.3 is 14.8 Å². The van der Waals surface area contributed by atoms with Gasteiger partial charge in [0.25, 0.3) is 5.91 Å². The molecule has 28 heavy (non-hydrogen) atoms. The number of para-hydroxylation sites is 2. The van der Waals surface area contributed by atoms with Gasteiger partial charge in [-0.25, -0.2) is 4.99 Å². The Bertz CT molecular complexity index is 955. The van der Waals surface area contributed by atoms with E-state index in [9.17, 15) is 9.59 Å². The highest BCUT2D eigenvalue weighted by Crippen LogP contribution is 2.34. The summed E-state index contributed by atoms with van der Waals surface area (Å²) in [4.78, 5) is 28.9. The van der Waals surface area contributed by atoms with Crippen LogP contribution in [-0.4, -0.2) is 29.7 Å². The third kappa shape index (κ3) is 3.38. The first-order valence-electron chi connectivity index (χ1n) is 9.39. The zero-order valence-electron chi connectivity index (χ0n) is 16.0. The van der Waals surface area contributed by atoms with Gasteiger partial charge in [-0.3, -0.25) is 9.59 Å². The Kier molecular flexibility index (Phi) is 4.63.